The molecule has 0 saturated heterocycles. The van der Waals surface area contributed by atoms with Crippen LogP contribution in [0.15, 0.2) is 4.52 Å². The second kappa shape index (κ2) is 6.02. The van der Waals surface area contributed by atoms with Gasteiger partial charge in [-0.3, -0.25) is 9.59 Å². The largest absolute Gasteiger partial charge is 0.481 e. The number of carbonyl (C=O) groups is 2. The third-order valence-electron chi connectivity index (χ3n) is 3.31. The van der Waals surface area contributed by atoms with Gasteiger partial charge < -0.3 is 14.9 Å². The predicted octanol–water partition coefficient (Wildman–Crippen LogP) is 0.963. The number of hydrogen-bond acceptors (Lipinski definition) is 5. The monoisotopic (exact) mass is 281 g/mol. The van der Waals surface area contributed by atoms with Crippen molar-refractivity contribution < 1.29 is 19.2 Å². The van der Waals surface area contributed by atoms with Gasteiger partial charge in [-0.05, 0) is 12.8 Å². The lowest BCUT2D eigenvalue weighted by atomic mass is 10.2. The van der Waals surface area contributed by atoms with Crippen molar-refractivity contribution in [2.75, 3.05) is 6.54 Å². The van der Waals surface area contributed by atoms with Crippen molar-refractivity contribution in [3.8, 4) is 0 Å². The third kappa shape index (κ3) is 3.55. The van der Waals surface area contributed by atoms with E-state index in [1.807, 2.05) is 13.8 Å². The average molecular weight is 281 g/mol. The molecule has 1 heterocycles. The van der Waals surface area contributed by atoms with Gasteiger partial charge in [0.15, 0.2) is 5.82 Å². The van der Waals surface area contributed by atoms with Gasteiger partial charge in [0.25, 0.3) is 0 Å². The number of carboxylic acids is 1. The van der Waals surface area contributed by atoms with Gasteiger partial charge in [0.2, 0.25) is 11.8 Å². The van der Waals surface area contributed by atoms with Crippen LogP contribution in [0.4, 0.5) is 0 Å². The number of carbonyl (C=O) groups excluding carboxylic acids is 1. The second-order valence-corrected chi connectivity index (χ2v) is 5.38. The Morgan fingerprint density at radius 1 is 1.45 bits per heavy atom. The zero-order valence-corrected chi connectivity index (χ0v) is 11.6. The summed E-state index contributed by atoms with van der Waals surface area (Å²) in [6.07, 6.45) is 1.74. The number of aryl methyl sites for hydroxylation is 1. The predicted molar refractivity (Wildman–Crippen MR) is 69.0 cm³/mol. The van der Waals surface area contributed by atoms with Crippen LogP contribution in [0.2, 0.25) is 0 Å². The van der Waals surface area contributed by atoms with Gasteiger partial charge in [-0.15, -0.1) is 0 Å². The molecule has 0 bridgehead atoms. The van der Waals surface area contributed by atoms with E-state index >= 15 is 0 Å². The summed E-state index contributed by atoms with van der Waals surface area (Å²) in [5.74, 6) is -0.440. The molecule has 1 fully saturated rings. The van der Waals surface area contributed by atoms with Gasteiger partial charge in [-0.1, -0.05) is 19.0 Å². The van der Waals surface area contributed by atoms with Crippen LogP contribution in [0.1, 0.15) is 44.3 Å². The molecule has 7 heteroatoms. The minimum atomic E-state index is -0.891. The lowest BCUT2D eigenvalue weighted by Crippen LogP contribution is -2.27. The summed E-state index contributed by atoms with van der Waals surface area (Å²) in [5, 5.41) is 15.3. The number of nitrogens with zero attached hydrogens (tertiary/aromatic N) is 2. The highest BCUT2D eigenvalue weighted by atomic mass is 16.5. The maximum atomic E-state index is 11.6. The lowest BCUT2D eigenvalue weighted by Gasteiger charge is -2.02. The van der Waals surface area contributed by atoms with Crippen LogP contribution in [0.3, 0.4) is 0 Å². The Bertz CT molecular complexity index is 498. The van der Waals surface area contributed by atoms with E-state index in [1.54, 1.807) is 0 Å². The molecular formula is C13H19N3O4. The fourth-order valence-corrected chi connectivity index (χ4v) is 1.94. The van der Waals surface area contributed by atoms with Crippen LogP contribution >= 0.6 is 0 Å². The Hall–Kier alpha value is -1.92. The summed E-state index contributed by atoms with van der Waals surface area (Å²) in [7, 11) is 0. The molecule has 0 spiro atoms. The number of aromatic nitrogens is 2. The molecule has 7 nitrogen and oxygen atoms in total. The molecule has 1 saturated carbocycles. The molecular weight excluding hydrogens is 262 g/mol. The second-order valence-electron chi connectivity index (χ2n) is 5.38. The Morgan fingerprint density at radius 3 is 2.75 bits per heavy atom. The molecule has 2 atom stereocenters. The normalized spacial score (nSPS) is 20.9. The van der Waals surface area contributed by atoms with E-state index in [0.29, 0.717) is 37.5 Å². The highest BCUT2D eigenvalue weighted by Crippen LogP contribution is 2.38. The lowest BCUT2D eigenvalue weighted by molar-refractivity contribution is -0.140. The minimum absolute atomic E-state index is 0.175. The standard InChI is InChI=1S/C13H19N3O4/c1-7(2)11-15-10(20-16-11)4-3-5-14-12(17)8-6-9(8)13(18)19/h7-9H,3-6H2,1-2H3,(H,14,17)(H,18,19). The van der Waals surface area contributed by atoms with Crippen LogP contribution in [0.25, 0.3) is 0 Å². The smallest absolute Gasteiger partial charge is 0.307 e. The summed E-state index contributed by atoms with van der Waals surface area (Å²) in [4.78, 5) is 26.5. The Labute approximate surface area is 116 Å². The molecule has 2 unspecified atom stereocenters. The fourth-order valence-electron chi connectivity index (χ4n) is 1.94. The quantitative estimate of drug-likeness (QED) is 0.721. The first kappa shape index (κ1) is 14.5. The topological polar surface area (TPSA) is 105 Å². The molecule has 1 aliphatic rings. The van der Waals surface area contributed by atoms with E-state index in [4.69, 9.17) is 9.63 Å². The summed E-state index contributed by atoms with van der Waals surface area (Å²) in [6.45, 7) is 4.47. The molecule has 0 aliphatic heterocycles. The molecule has 1 aliphatic carbocycles. The molecule has 20 heavy (non-hydrogen) atoms. The van der Waals surface area contributed by atoms with E-state index < -0.39 is 11.9 Å². The minimum Gasteiger partial charge on any atom is -0.481 e. The Balaban J connectivity index is 1.64. The Morgan fingerprint density at radius 2 is 2.20 bits per heavy atom. The van der Waals surface area contributed by atoms with Crippen molar-refractivity contribution in [1.82, 2.24) is 15.5 Å². The zero-order valence-electron chi connectivity index (χ0n) is 11.6. The average Bonchev–Trinajstić information content (AvgIpc) is 3.06. The van der Waals surface area contributed by atoms with Gasteiger partial charge in [0, 0.05) is 18.9 Å². The number of aliphatic carboxylic acids is 1. The third-order valence-corrected chi connectivity index (χ3v) is 3.31. The fraction of sp³-hybridized carbons (Fsp3) is 0.692. The molecule has 0 radical (unpaired) electrons. The number of nitrogens with one attached hydrogen (secondary N) is 1. The molecule has 2 rings (SSSR count). The van der Waals surface area contributed by atoms with Gasteiger partial charge in [0.05, 0.1) is 11.8 Å². The van der Waals surface area contributed by atoms with Crippen molar-refractivity contribution in [2.45, 2.75) is 39.0 Å². The zero-order chi connectivity index (χ0) is 14.7. The highest BCUT2D eigenvalue weighted by molar-refractivity contribution is 5.89. The van der Waals surface area contributed by atoms with E-state index in [0.717, 1.165) is 0 Å². The van der Waals surface area contributed by atoms with Gasteiger partial charge >= 0.3 is 5.97 Å². The van der Waals surface area contributed by atoms with Crippen LogP contribution in [-0.4, -0.2) is 33.7 Å². The molecule has 110 valence electrons. The van der Waals surface area contributed by atoms with Gasteiger partial charge in [-0.2, -0.15) is 4.98 Å². The summed E-state index contributed by atoms with van der Waals surface area (Å²) < 4.78 is 5.09. The highest BCUT2D eigenvalue weighted by Gasteiger charge is 2.48. The van der Waals surface area contributed by atoms with Gasteiger partial charge in [0.1, 0.15) is 0 Å². The van der Waals surface area contributed by atoms with E-state index in [2.05, 4.69) is 15.5 Å². The maximum Gasteiger partial charge on any atom is 0.307 e. The number of amides is 1. The first-order valence-electron chi connectivity index (χ1n) is 6.82. The van der Waals surface area contributed by atoms with Crippen LogP contribution in [0.5, 0.6) is 0 Å². The maximum absolute atomic E-state index is 11.6. The molecule has 1 aromatic rings. The summed E-state index contributed by atoms with van der Waals surface area (Å²) in [5.41, 5.74) is 0. The first-order valence-corrected chi connectivity index (χ1v) is 6.82. The molecule has 0 aromatic carbocycles. The van der Waals surface area contributed by atoms with Crippen molar-refractivity contribution in [3.05, 3.63) is 11.7 Å². The van der Waals surface area contributed by atoms with Crippen LogP contribution in [-0.2, 0) is 16.0 Å². The van der Waals surface area contributed by atoms with Crippen molar-refractivity contribution >= 4 is 11.9 Å². The SMILES string of the molecule is CC(C)c1noc(CCCNC(=O)C2CC2C(=O)O)n1. The number of rotatable bonds is 7. The van der Waals surface area contributed by atoms with E-state index in [9.17, 15) is 9.59 Å². The van der Waals surface area contributed by atoms with Crippen molar-refractivity contribution in [3.63, 3.8) is 0 Å². The summed E-state index contributed by atoms with van der Waals surface area (Å²) >= 11 is 0. The van der Waals surface area contributed by atoms with Crippen LogP contribution in [0, 0.1) is 11.8 Å². The number of hydrogen-bond donors (Lipinski definition) is 2. The number of carboxylic acid groups (broad SMARTS) is 1. The summed E-state index contributed by atoms with van der Waals surface area (Å²) in [6, 6.07) is 0. The van der Waals surface area contributed by atoms with Crippen molar-refractivity contribution in [2.24, 2.45) is 11.8 Å². The Kier molecular flexibility index (Phi) is 4.36. The van der Waals surface area contributed by atoms with Gasteiger partial charge in [-0.25, -0.2) is 0 Å². The van der Waals surface area contributed by atoms with E-state index in [1.165, 1.54) is 0 Å². The molecule has 2 N–H and O–H groups in total. The van der Waals surface area contributed by atoms with E-state index in [-0.39, 0.29) is 17.7 Å². The molecule has 1 amide bonds. The molecule has 1 aromatic heterocycles. The van der Waals surface area contributed by atoms with Crippen molar-refractivity contribution in [1.29, 1.82) is 0 Å². The first-order chi connectivity index (χ1) is 9.49. The van der Waals surface area contributed by atoms with Crippen LogP contribution < -0.4 is 5.32 Å².